The monoisotopic (exact) mass is 275 g/mol. The van der Waals surface area contributed by atoms with Gasteiger partial charge in [0.1, 0.15) is 7.85 Å². The molecular weight excluding hydrogens is 253 g/mol. The van der Waals surface area contributed by atoms with Crippen LogP contribution in [0.2, 0.25) is 0 Å². The number of hydrogen-bond acceptors (Lipinski definition) is 1. The molecule has 1 heterocycles. The largest absolute Gasteiger partial charge is 0.256 e. The maximum Gasteiger partial charge on any atom is 0.115 e. The summed E-state index contributed by atoms with van der Waals surface area (Å²) in [7, 11) is 2.46. The standard InChI is InChI=1S/C19H22BN/c1-17(2)18(3)9-10-19(17,20)14-11-16(21-12-15(14)18)13-7-5-4-6-8-13/h4-8,11-12H,9-10,20H2,1-3H3. The summed E-state index contributed by atoms with van der Waals surface area (Å²) in [6, 6.07) is 12.9. The van der Waals surface area contributed by atoms with E-state index in [4.69, 9.17) is 4.98 Å². The molecule has 1 aromatic heterocycles. The molecule has 2 aromatic rings. The molecule has 0 saturated heterocycles. The van der Waals surface area contributed by atoms with Crippen molar-refractivity contribution in [3.63, 3.8) is 0 Å². The summed E-state index contributed by atoms with van der Waals surface area (Å²) in [5.41, 5.74) is 5.94. The van der Waals surface area contributed by atoms with Crippen molar-refractivity contribution in [2.24, 2.45) is 5.41 Å². The summed E-state index contributed by atoms with van der Waals surface area (Å²) in [6.07, 6.45) is 4.74. The highest BCUT2D eigenvalue weighted by molar-refractivity contribution is 6.18. The fourth-order valence-electron chi connectivity index (χ4n) is 4.79. The first kappa shape index (κ1) is 13.1. The Hall–Kier alpha value is -1.57. The minimum atomic E-state index is 0.277. The van der Waals surface area contributed by atoms with Crippen LogP contribution in [-0.4, -0.2) is 12.8 Å². The number of fused-ring (bicyclic) bond motifs is 5. The molecule has 1 nitrogen and oxygen atoms in total. The molecule has 0 N–H and O–H groups in total. The minimum absolute atomic E-state index is 0.277. The van der Waals surface area contributed by atoms with Crippen molar-refractivity contribution in [2.45, 2.75) is 44.3 Å². The van der Waals surface area contributed by atoms with Crippen molar-refractivity contribution in [2.75, 3.05) is 0 Å². The van der Waals surface area contributed by atoms with Gasteiger partial charge < -0.3 is 0 Å². The van der Waals surface area contributed by atoms with Crippen molar-refractivity contribution >= 4 is 7.85 Å². The van der Waals surface area contributed by atoms with Crippen LogP contribution in [-0.2, 0) is 10.7 Å². The quantitative estimate of drug-likeness (QED) is 0.724. The van der Waals surface area contributed by atoms with E-state index in [1.54, 1.807) is 0 Å². The molecule has 1 fully saturated rings. The van der Waals surface area contributed by atoms with Gasteiger partial charge in [-0.2, -0.15) is 0 Å². The summed E-state index contributed by atoms with van der Waals surface area (Å²) in [5, 5.41) is 0.281. The molecule has 0 radical (unpaired) electrons. The Morgan fingerprint density at radius 2 is 1.71 bits per heavy atom. The topological polar surface area (TPSA) is 12.9 Å². The second kappa shape index (κ2) is 3.79. The number of pyridine rings is 1. The predicted octanol–water partition coefficient (Wildman–Crippen LogP) is 3.67. The number of nitrogens with zero attached hydrogens (tertiary/aromatic N) is 1. The van der Waals surface area contributed by atoms with Crippen LogP contribution in [0.3, 0.4) is 0 Å². The van der Waals surface area contributed by atoms with Gasteiger partial charge in [0, 0.05) is 11.8 Å². The molecular formula is C19H22BN. The number of benzene rings is 1. The molecule has 1 aromatic carbocycles. The summed E-state index contributed by atoms with van der Waals surface area (Å²) in [6.45, 7) is 7.33. The first-order valence-corrected chi connectivity index (χ1v) is 7.97. The summed E-state index contributed by atoms with van der Waals surface area (Å²) in [5.74, 6) is 0. The van der Waals surface area contributed by atoms with Crippen LogP contribution in [0.4, 0.5) is 0 Å². The third kappa shape index (κ3) is 1.36. The molecule has 21 heavy (non-hydrogen) atoms. The van der Waals surface area contributed by atoms with Gasteiger partial charge in [-0.1, -0.05) is 51.1 Å². The van der Waals surface area contributed by atoms with Gasteiger partial charge in [-0.25, -0.2) is 0 Å². The number of rotatable bonds is 1. The van der Waals surface area contributed by atoms with Gasteiger partial charge in [0.05, 0.1) is 5.69 Å². The fourth-order valence-corrected chi connectivity index (χ4v) is 4.79. The first-order chi connectivity index (χ1) is 9.90. The zero-order chi connectivity index (χ0) is 14.9. The van der Waals surface area contributed by atoms with Crippen molar-refractivity contribution < 1.29 is 0 Å². The Morgan fingerprint density at radius 1 is 1.00 bits per heavy atom. The average Bonchev–Trinajstić information content (AvgIpc) is 2.76. The number of hydrogen-bond donors (Lipinski definition) is 0. The lowest BCUT2D eigenvalue weighted by molar-refractivity contribution is 0.210. The van der Waals surface area contributed by atoms with Crippen molar-refractivity contribution in [3.8, 4) is 11.3 Å². The zero-order valence-electron chi connectivity index (χ0n) is 13.4. The Bertz CT molecular complexity index is 722. The second-order valence-electron chi connectivity index (χ2n) is 7.77. The molecule has 2 aliphatic rings. The average molecular weight is 275 g/mol. The molecule has 106 valence electrons. The third-order valence-electron chi connectivity index (χ3n) is 7.05. The van der Waals surface area contributed by atoms with E-state index < -0.39 is 0 Å². The van der Waals surface area contributed by atoms with Gasteiger partial charge in [0.2, 0.25) is 0 Å². The van der Waals surface area contributed by atoms with E-state index in [9.17, 15) is 0 Å². The lowest BCUT2D eigenvalue weighted by atomic mass is 9.53. The van der Waals surface area contributed by atoms with E-state index in [0.29, 0.717) is 5.41 Å². The SMILES string of the molecule is BC12CCC(C)(c3cnc(-c4ccccc4)cc31)C2(C)C. The molecule has 0 spiro atoms. The summed E-state index contributed by atoms with van der Waals surface area (Å²) >= 11 is 0. The molecule has 4 rings (SSSR count). The lowest BCUT2D eigenvalue weighted by Gasteiger charge is -2.39. The van der Waals surface area contributed by atoms with E-state index >= 15 is 0 Å². The second-order valence-corrected chi connectivity index (χ2v) is 7.77. The molecule has 2 aliphatic carbocycles. The van der Waals surface area contributed by atoms with Crippen molar-refractivity contribution in [1.29, 1.82) is 0 Å². The predicted molar refractivity (Wildman–Crippen MR) is 90.3 cm³/mol. The van der Waals surface area contributed by atoms with Gasteiger partial charge in [-0.15, -0.1) is 0 Å². The Balaban J connectivity index is 1.94. The molecule has 2 atom stereocenters. The van der Waals surface area contributed by atoms with Crippen molar-refractivity contribution in [1.82, 2.24) is 4.98 Å². The Labute approximate surface area is 128 Å². The minimum Gasteiger partial charge on any atom is -0.256 e. The van der Waals surface area contributed by atoms with Crippen LogP contribution in [0.15, 0.2) is 42.6 Å². The van der Waals surface area contributed by atoms with E-state index in [0.717, 1.165) is 5.69 Å². The van der Waals surface area contributed by atoms with E-state index in [1.807, 2.05) is 0 Å². The summed E-state index contributed by atoms with van der Waals surface area (Å²) < 4.78 is 0. The fraction of sp³-hybridized carbons (Fsp3) is 0.421. The highest BCUT2D eigenvalue weighted by Gasteiger charge is 2.65. The van der Waals surface area contributed by atoms with Crippen LogP contribution in [0.5, 0.6) is 0 Å². The van der Waals surface area contributed by atoms with Gasteiger partial charge in [0.15, 0.2) is 0 Å². The first-order valence-electron chi connectivity index (χ1n) is 7.97. The van der Waals surface area contributed by atoms with Gasteiger partial charge >= 0.3 is 0 Å². The maximum atomic E-state index is 4.78. The zero-order valence-corrected chi connectivity index (χ0v) is 13.4. The number of aromatic nitrogens is 1. The van der Waals surface area contributed by atoms with E-state index in [-0.39, 0.29) is 10.7 Å². The molecule has 0 aliphatic heterocycles. The molecule has 2 unspecified atom stereocenters. The Kier molecular flexibility index (Phi) is 2.37. The van der Waals surface area contributed by atoms with E-state index in [1.165, 1.54) is 29.5 Å². The van der Waals surface area contributed by atoms with Gasteiger partial charge in [0.25, 0.3) is 0 Å². The van der Waals surface area contributed by atoms with Crippen LogP contribution in [0.1, 0.15) is 44.7 Å². The van der Waals surface area contributed by atoms with Crippen LogP contribution in [0.25, 0.3) is 11.3 Å². The van der Waals surface area contributed by atoms with Crippen molar-refractivity contribution in [3.05, 3.63) is 53.7 Å². The van der Waals surface area contributed by atoms with Crippen LogP contribution >= 0.6 is 0 Å². The van der Waals surface area contributed by atoms with Crippen LogP contribution < -0.4 is 0 Å². The smallest absolute Gasteiger partial charge is 0.115 e. The molecule has 0 amide bonds. The lowest BCUT2D eigenvalue weighted by Crippen LogP contribution is -2.40. The normalized spacial score (nSPS) is 32.1. The molecule has 1 saturated carbocycles. The summed E-state index contributed by atoms with van der Waals surface area (Å²) in [4.78, 5) is 4.78. The van der Waals surface area contributed by atoms with E-state index in [2.05, 4.69) is 71.2 Å². The molecule has 2 bridgehead atoms. The Morgan fingerprint density at radius 3 is 2.43 bits per heavy atom. The third-order valence-corrected chi connectivity index (χ3v) is 7.05. The highest BCUT2D eigenvalue weighted by Crippen LogP contribution is 2.69. The van der Waals surface area contributed by atoms with Crippen LogP contribution in [0, 0.1) is 5.41 Å². The highest BCUT2D eigenvalue weighted by atomic mass is 14.7. The van der Waals surface area contributed by atoms with Gasteiger partial charge in [-0.05, 0) is 46.2 Å². The maximum absolute atomic E-state index is 4.78. The van der Waals surface area contributed by atoms with Gasteiger partial charge in [-0.3, -0.25) is 4.98 Å². The molecule has 2 heteroatoms.